The Balaban J connectivity index is 2.09. The van der Waals surface area contributed by atoms with E-state index in [2.05, 4.69) is 19.6 Å². The molecule has 3 saturated heterocycles. The van der Waals surface area contributed by atoms with Gasteiger partial charge in [0.05, 0.1) is 19.1 Å². The maximum atomic E-state index is 3.91. The summed E-state index contributed by atoms with van der Waals surface area (Å²) in [4.78, 5) is 1.82. The zero-order chi connectivity index (χ0) is 7.84. The summed E-state index contributed by atoms with van der Waals surface area (Å²) >= 11 is 0. The molecular formula is C10H18N+. The van der Waals surface area contributed by atoms with Gasteiger partial charge < -0.3 is 4.90 Å². The molecule has 0 radical (unpaired) electrons. The van der Waals surface area contributed by atoms with Gasteiger partial charge in [-0.1, -0.05) is 6.08 Å². The minimum Gasteiger partial charge on any atom is -0.332 e. The maximum Gasteiger partial charge on any atom is 0.0849 e. The number of rotatable bonds is 1. The van der Waals surface area contributed by atoms with Crippen LogP contribution >= 0.6 is 0 Å². The van der Waals surface area contributed by atoms with Gasteiger partial charge in [0.25, 0.3) is 0 Å². The van der Waals surface area contributed by atoms with E-state index in [4.69, 9.17) is 0 Å². The van der Waals surface area contributed by atoms with Gasteiger partial charge in [0.15, 0.2) is 0 Å². The molecule has 0 amide bonds. The van der Waals surface area contributed by atoms with E-state index in [1.165, 1.54) is 25.9 Å². The molecular weight excluding hydrogens is 134 g/mol. The van der Waals surface area contributed by atoms with E-state index in [0.717, 1.165) is 17.9 Å². The molecule has 3 aliphatic rings. The molecule has 0 aromatic rings. The third-order valence-corrected chi connectivity index (χ3v) is 3.60. The van der Waals surface area contributed by atoms with Crippen molar-refractivity contribution in [3.8, 4) is 0 Å². The molecule has 3 aliphatic heterocycles. The largest absolute Gasteiger partial charge is 0.332 e. The Morgan fingerprint density at radius 2 is 2.36 bits per heavy atom. The van der Waals surface area contributed by atoms with Crippen LogP contribution in [0.4, 0.5) is 0 Å². The summed E-state index contributed by atoms with van der Waals surface area (Å²) < 4.78 is 0. The molecule has 0 aromatic carbocycles. The third kappa shape index (κ3) is 1.12. The predicted molar refractivity (Wildman–Crippen MR) is 46.6 cm³/mol. The summed E-state index contributed by atoms with van der Waals surface area (Å²) in [7, 11) is 0. The molecule has 0 aliphatic carbocycles. The zero-order valence-corrected chi connectivity index (χ0v) is 7.34. The summed E-state index contributed by atoms with van der Waals surface area (Å²) in [6.07, 6.45) is 5.05. The number of fused-ring (bicyclic) bond motifs is 3. The van der Waals surface area contributed by atoms with Crippen molar-refractivity contribution >= 4 is 0 Å². The van der Waals surface area contributed by atoms with E-state index in [1.54, 1.807) is 0 Å². The van der Waals surface area contributed by atoms with Crippen LogP contribution in [-0.2, 0) is 0 Å². The highest BCUT2D eigenvalue weighted by Crippen LogP contribution is 2.26. The number of hydrogen-bond acceptors (Lipinski definition) is 0. The standard InChI is InChI=1S/C10H17N/c1-3-9-7-11-5-4-10(9)6-8(11)2/h3,8-10H,1,4-7H2,2H3/p+1. The first-order chi connectivity index (χ1) is 5.31. The van der Waals surface area contributed by atoms with Crippen molar-refractivity contribution in [3.63, 3.8) is 0 Å². The van der Waals surface area contributed by atoms with Gasteiger partial charge in [-0.15, -0.1) is 6.58 Å². The van der Waals surface area contributed by atoms with Crippen molar-refractivity contribution in [2.45, 2.75) is 25.8 Å². The molecule has 3 fully saturated rings. The molecule has 4 unspecified atom stereocenters. The fourth-order valence-electron chi connectivity index (χ4n) is 2.79. The minimum atomic E-state index is 0.829. The summed E-state index contributed by atoms with van der Waals surface area (Å²) in [5, 5.41) is 0. The summed E-state index contributed by atoms with van der Waals surface area (Å²) in [5.41, 5.74) is 0. The maximum absolute atomic E-state index is 3.91. The van der Waals surface area contributed by atoms with E-state index < -0.39 is 0 Å². The van der Waals surface area contributed by atoms with Crippen molar-refractivity contribution in [2.75, 3.05) is 13.1 Å². The normalized spacial score (nSPS) is 49.2. The SMILES string of the molecule is C=CC1C[NH+]2CCC1CC2C. The summed E-state index contributed by atoms with van der Waals surface area (Å²) in [6, 6.07) is 0.921. The van der Waals surface area contributed by atoms with Crippen molar-refractivity contribution in [1.29, 1.82) is 0 Å². The summed E-state index contributed by atoms with van der Waals surface area (Å²) in [5.74, 6) is 1.80. The van der Waals surface area contributed by atoms with Crippen LogP contribution in [0.5, 0.6) is 0 Å². The lowest BCUT2D eigenvalue weighted by Crippen LogP contribution is -3.19. The lowest BCUT2D eigenvalue weighted by molar-refractivity contribution is -0.943. The highest BCUT2D eigenvalue weighted by atomic mass is 15.2. The number of hydrogen-bond donors (Lipinski definition) is 1. The zero-order valence-electron chi connectivity index (χ0n) is 7.34. The Hall–Kier alpha value is -0.300. The average molecular weight is 152 g/mol. The van der Waals surface area contributed by atoms with Crippen LogP contribution in [0.15, 0.2) is 12.7 Å². The molecule has 0 saturated carbocycles. The second-order valence-electron chi connectivity index (χ2n) is 4.20. The smallest absolute Gasteiger partial charge is 0.0849 e. The quantitative estimate of drug-likeness (QED) is 0.521. The van der Waals surface area contributed by atoms with Crippen molar-refractivity contribution in [2.24, 2.45) is 11.8 Å². The Labute approximate surface area is 69.1 Å². The van der Waals surface area contributed by atoms with Crippen LogP contribution in [0.3, 0.4) is 0 Å². The molecule has 1 nitrogen and oxygen atoms in total. The average Bonchev–Trinajstić information content (AvgIpc) is 2.05. The fourth-order valence-corrected chi connectivity index (χ4v) is 2.79. The minimum absolute atomic E-state index is 0.829. The van der Waals surface area contributed by atoms with Crippen LogP contribution in [0.25, 0.3) is 0 Å². The van der Waals surface area contributed by atoms with Gasteiger partial charge in [-0.3, -0.25) is 0 Å². The lowest BCUT2D eigenvalue weighted by atomic mass is 9.76. The van der Waals surface area contributed by atoms with Gasteiger partial charge in [-0.25, -0.2) is 0 Å². The third-order valence-electron chi connectivity index (χ3n) is 3.60. The van der Waals surface area contributed by atoms with Crippen LogP contribution in [0, 0.1) is 11.8 Å². The molecule has 3 rings (SSSR count). The van der Waals surface area contributed by atoms with Gasteiger partial charge in [-0.05, 0) is 12.8 Å². The molecule has 2 bridgehead atoms. The second-order valence-corrected chi connectivity index (χ2v) is 4.20. The predicted octanol–water partition coefficient (Wildman–Crippen LogP) is 0.486. The van der Waals surface area contributed by atoms with E-state index in [9.17, 15) is 0 Å². The monoisotopic (exact) mass is 152 g/mol. The van der Waals surface area contributed by atoms with Gasteiger partial charge in [0, 0.05) is 18.8 Å². The Morgan fingerprint density at radius 3 is 2.82 bits per heavy atom. The highest BCUT2D eigenvalue weighted by Gasteiger charge is 2.39. The Kier molecular flexibility index (Phi) is 1.76. The first-order valence-electron chi connectivity index (χ1n) is 4.78. The molecule has 62 valence electrons. The summed E-state index contributed by atoms with van der Waals surface area (Å²) in [6.45, 7) is 9.07. The van der Waals surface area contributed by atoms with Crippen molar-refractivity contribution < 1.29 is 4.90 Å². The topological polar surface area (TPSA) is 4.44 Å². The van der Waals surface area contributed by atoms with Gasteiger partial charge >= 0.3 is 0 Å². The molecule has 0 aromatic heterocycles. The van der Waals surface area contributed by atoms with Gasteiger partial charge in [0.1, 0.15) is 0 Å². The van der Waals surface area contributed by atoms with E-state index in [1.807, 2.05) is 4.90 Å². The van der Waals surface area contributed by atoms with Crippen LogP contribution in [-0.4, -0.2) is 19.1 Å². The van der Waals surface area contributed by atoms with Crippen LogP contribution < -0.4 is 4.90 Å². The molecule has 3 heterocycles. The molecule has 4 atom stereocenters. The Bertz CT molecular complexity index is 164. The van der Waals surface area contributed by atoms with E-state index in [-0.39, 0.29) is 0 Å². The van der Waals surface area contributed by atoms with Crippen molar-refractivity contribution in [3.05, 3.63) is 12.7 Å². The number of quaternary nitrogens is 1. The molecule has 1 heteroatoms. The first-order valence-corrected chi connectivity index (χ1v) is 4.78. The van der Waals surface area contributed by atoms with E-state index >= 15 is 0 Å². The highest BCUT2D eigenvalue weighted by molar-refractivity contribution is 4.89. The number of nitrogens with one attached hydrogen (secondary N) is 1. The first kappa shape index (κ1) is 7.35. The molecule has 0 spiro atoms. The number of piperidine rings is 3. The van der Waals surface area contributed by atoms with Crippen LogP contribution in [0.2, 0.25) is 0 Å². The second kappa shape index (κ2) is 2.63. The van der Waals surface area contributed by atoms with Gasteiger partial charge in [0.2, 0.25) is 0 Å². The van der Waals surface area contributed by atoms with Crippen LogP contribution in [0.1, 0.15) is 19.8 Å². The van der Waals surface area contributed by atoms with Crippen molar-refractivity contribution in [1.82, 2.24) is 0 Å². The molecule has 11 heavy (non-hydrogen) atoms. The lowest BCUT2D eigenvalue weighted by Gasteiger charge is -2.44. The Morgan fingerprint density at radius 1 is 1.55 bits per heavy atom. The fraction of sp³-hybridized carbons (Fsp3) is 0.800. The van der Waals surface area contributed by atoms with Gasteiger partial charge in [-0.2, -0.15) is 0 Å². The molecule has 1 N–H and O–H groups in total. The van der Waals surface area contributed by atoms with E-state index in [0.29, 0.717) is 0 Å².